The van der Waals surface area contributed by atoms with Crippen LogP contribution in [0.4, 0.5) is 4.39 Å². The standard InChI is InChI=1S/C17H18FN3O4/c1-17(2,16(24)25)9-10-19-15(23)13-7-8-14(22)21(20-13)12-5-3-11(18)4-6-12/h3-8H,9-10H2,1-2H3,(H,19,23)(H,24,25). The van der Waals surface area contributed by atoms with Gasteiger partial charge in [-0.3, -0.25) is 14.4 Å². The van der Waals surface area contributed by atoms with Crippen molar-refractivity contribution in [1.82, 2.24) is 15.1 Å². The molecule has 2 N–H and O–H groups in total. The molecule has 1 heterocycles. The average Bonchev–Trinajstić information content (AvgIpc) is 2.55. The molecule has 25 heavy (non-hydrogen) atoms. The van der Waals surface area contributed by atoms with Crippen LogP contribution in [0.3, 0.4) is 0 Å². The summed E-state index contributed by atoms with van der Waals surface area (Å²) in [5.74, 6) is -1.94. The van der Waals surface area contributed by atoms with E-state index in [9.17, 15) is 18.8 Å². The van der Waals surface area contributed by atoms with E-state index in [-0.39, 0.29) is 18.7 Å². The Labute approximate surface area is 143 Å². The van der Waals surface area contributed by atoms with Crippen molar-refractivity contribution in [2.24, 2.45) is 5.41 Å². The van der Waals surface area contributed by atoms with Crippen LogP contribution in [0.15, 0.2) is 41.2 Å². The third-order valence-corrected chi connectivity index (χ3v) is 3.72. The van der Waals surface area contributed by atoms with E-state index in [4.69, 9.17) is 5.11 Å². The number of hydrogen-bond acceptors (Lipinski definition) is 4. The molecule has 2 aromatic rings. The van der Waals surface area contributed by atoms with Crippen molar-refractivity contribution in [3.63, 3.8) is 0 Å². The van der Waals surface area contributed by atoms with Crippen molar-refractivity contribution < 1.29 is 19.1 Å². The van der Waals surface area contributed by atoms with Crippen LogP contribution in [0.5, 0.6) is 0 Å². The molecule has 2 rings (SSSR count). The number of carboxylic acid groups (broad SMARTS) is 1. The number of nitrogens with one attached hydrogen (secondary N) is 1. The average molecular weight is 347 g/mol. The van der Waals surface area contributed by atoms with E-state index in [1.807, 2.05) is 0 Å². The summed E-state index contributed by atoms with van der Waals surface area (Å²) in [6.07, 6.45) is 0.242. The number of amides is 1. The number of carbonyl (C=O) groups is 2. The van der Waals surface area contributed by atoms with E-state index in [2.05, 4.69) is 10.4 Å². The maximum Gasteiger partial charge on any atom is 0.309 e. The fourth-order valence-corrected chi connectivity index (χ4v) is 1.99. The van der Waals surface area contributed by atoms with Crippen LogP contribution in [0.1, 0.15) is 30.8 Å². The second-order valence-corrected chi connectivity index (χ2v) is 6.14. The van der Waals surface area contributed by atoms with Crippen LogP contribution in [-0.2, 0) is 4.79 Å². The van der Waals surface area contributed by atoms with Gasteiger partial charge in [-0.25, -0.2) is 4.39 Å². The topological polar surface area (TPSA) is 101 Å². The molecule has 7 nitrogen and oxygen atoms in total. The van der Waals surface area contributed by atoms with Gasteiger partial charge < -0.3 is 10.4 Å². The first-order chi connectivity index (χ1) is 11.7. The van der Waals surface area contributed by atoms with Gasteiger partial charge in [0, 0.05) is 12.6 Å². The first-order valence-corrected chi connectivity index (χ1v) is 7.58. The van der Waals surface area contributed by atoms with E-state index in [1.165, 1.54) is 36.4 Å². The molecule has 0 spiro atoms. The zero-order valence-electron chi connectivity index (χ0n) is 13.8. The minimum atomic E-state index is -0.965. The van der Waals surface area contributed by atoms with Gasteiger partial charge in [-0.2, -0.15) is 9.78 Å². The van der Waals surface area contributed by atoms with Crippen LogP contribution in [0.2, 0.25) is 0 Å². The molecule has 0 saturated heterocycles. The highest BCUT2D eigenvalue weighted by atomic mass is 19.1. The normalized spacial score (nSPS) is 11.2. The largest absolute Gasteiger partial charge is 0.481 e. The van der Waals surface area contributed by atoms with Crippen LogP contribution in [0.25, 0.3) is 5.69 Å². The van der Waals surface area contributed by atoms with Gasteiger partial charge in [-0.15, -0.1) is 0 Å². The van der Waals surface area contributed by atoms with Crippen molar-refractivity contribution in [3.8, 4) is 5.69 Å². The maximum atomic E-state index is 13.0. The molecule has 1 aromatic carbocycles. The molecule has 0 aliphatic heterocycles. The zero-order valence-corrected chi connectivity index (χ0v) is 13.8. The lowest BCUT2D eigenvalue weighted by molar-refractivity contribution is -0.147. The van der Waals surface area contributed by atoms with Gasteiger partial charge in [0.2, 0.25) is 0 Å². The molecule has 1 amide bonds. The summed E-state index contributed by atoms with van der Waals surface area (Å²) < 4.78 is 14.0. The maximum absolute atomic E-state index is 13.0. The molecule has 0 unspecified atom stereocenters. The molecule has 0 aliphatic carbocycles. The predicted molar refractivity (Wildman–Crippen MR) is 88.2 cm³/mol. The van der Waals surface area contributed by atoms with E-state index < -0.39 is 28.7 Å². The van der Waals surface area contributed by atoms with Gasteiger partial charge in [-0.05, 0) is 50.6 Å². The van der Waals surface area contributed by atoms with Crippen LogP contribution in [-0.4, -0.2) is 33.3 Å². The van der Waals surface area contributed by atoms with Gasteiger partial charge in [0.25, 0.3) is 11.5 Å². The number of aliphatic carboxylic acids is 1. The van der Waals surface area contributed by atoms with E-state index in [0.717, 1.165) is 4.68 Å². The highest BCUT2D eigenvalue weighted by molar-refractivity contribution is 5.92. The van der Waals surface area contributed by atoms with Crippen LogP contribution in [0, 0.1) is 11.2 Å². The van der Waals surface area contributed by atoms with Gasteiger partial charge in [0.1, 0.15) is 11.5 Å². The molecule has 0 saturated carbocycles. The number of halogens is 1. The van der Waals surface area contributed by atoms with Crippen molar-refractivity contribution in [1.29, 1.82) is 0 Å². The van der Waals surface area contributed by atoms with Crippen molar-refractivity contribution >= 4 is 11.9 Å². The monoisotopic (exact) mass is 347 g/mol. The third kappa shape index (κ3) is 4.50. The summed E-state index contributed by atoms with van der Waals surface area (Å²) >= 11 is 0. The molecule has 0 fully saturated rings. The van der Waals surface area contributed by atoms with Gasteiger partial charge in [0.15, 0.2) is 0 Å². The highest BCUT2D eigenvalue weighted by Crippen LogP contribution is 2.19. The predicted octanol–water partition coefficient (Wildman–Crippen LogP) is 1.60. The highest BCUT2D eigenvalue weighted by Gasteiger charge is 2.26. The summed E-state index contributed by atoms with van der Waals surface area (Å²) in [4.78, 5) is 35.1. The summed E-state index contributed by atoms with van der Waals surface area (Å²) in [7, 11) is 0. The molecule has 0 aliphatic rings. The number of benzene rings is 1. The lowest BCUT2D eigenvalue weighted by atomic mass is 9.90. The van der Waals surface area contributed by atoms with E-state index in [0.29, 0.717) is 5.69 Å². The van der Waals surface area contributed by atoms with Crippen LogP contribution >= 0.6 is 0 Å². The number of nitrogens with zero attached hydrogens (tertiary/aromatic N) is 2. The Balaban J connectivity index is 2.13. The lowest BCUT2D eigenvalue weighted by Crippen LogP contribution is -2.33. The fourth-order valence-electron chi connectivity index (χ4n) is 1.99. The summed E-state index contributed by atoms with van der Waals surface area (Å²) in [6.45, 7) is 3.28. The van der Waals surface area contributed by atoms with Crippen molar-refractivity contribution in [3.05, 3.63) is 58.3 Å². The molecule has 1 aromatic heterocycles. The minimum Gasteiger partial charge on any atom is -0.481 e. The van der Waals surface area contributed by atoms with E-state index in [1.54, 1.807) is 13.8 Å². The van der Waals surface area contributed by atoms with Gasteiger partial charge in [-0.1, -0.05) is 0 Å². The number of aromatic nitrogens is 2. The van der Waals surface area contributed by atoms with Gasteiger partial charge in [0.05, 0.1) is 11.1 Å². The van der Waals surface area contributed by atoms with Crippen molar-refractivity contribution in [2.45, 2.75) is 20.3 Å². The number of carbonyl (C=O) groups excluding carboxylic acids is 1. The Bertz CT molecular complexity index is 844. The minimum absolute atomic E-state index is 0.00273. The fraction of sp³-hybridized carbons (Fsp3) is 0.294. The Morgan fingerprint density at radius 2 is 1.84 bits per heavy atom. The SMILES string of the molecule is CC(C)(CCNC(=O)c1ccc(=O)n(-c2ccc(F)cc2)n1)C(=O)O. The second-order valence-electron chi connectivity index (χ2n) is 6.14. The molecule has 8 heteroatoms. The lowest BCUT2D eigenvalue weighted by Gasteiger charge is -2.18. The smallest absolute Gasteiger partial charge is 0.309 e. The molecular formula is C17H18FN3O4. The molecular weight excluding hydrogens is 329 g/mol. The summed E-state index contributed by atoms with van der Waals surface area (Å²) in [5.41, 5.74) is -1.10. The Morgan fingerprint density at radius 1 is 1.20 bits per heavy atom. The number of hydrogen-bond donors (Lipinski definition) is 2. The van der Waals surface area contributed by atoms with Crippen LogP contribution < -0.4 is 10.9 Å². The first-order valence-electron chi connectivity index (χ1n) is 7.58. The Kier molecular flexibility index (Phi) is 5.31. The summed E-state index contributed by atoms with van der Waals surface area (Å²) in [5, 5.41) is 15.6. The molecule has 0 radical (unpaired) electrons. The Morgan fingerprint density at radius 3 is 2.44 bits per heavy atom. The number of rotatable bonds is 6. The quantitative estimate of drug-likeness (QED) is 0.826. The number of carboxylic acids is 1. The zero-order chi connectivity index (χ0) is 18.6. The second kappa shape index (κ2) is 7.25. The molecule has 0 bridgehead atoms. The molecule has 0 atom stereocenters. The first kappa shape index (κ1) is 18.3. The van der Waals surface area contributed by atoms with Crippen molar-refractivity contribution in [2.75, 3.05) is 6.54 Å². The summed E-state index contributed by atoms with van der Waals surface area (Å²) in [6, 6.07) is 7.59. The Hall–Kier alpha value is -3.03. The molecule has 132 valence electrons. The van der Waals surface area contributed by atoms with Gasteiger partial charge >= 0.3 is 5.97 Å². The third-order valence-electron chi connectivity index (χ3n) is 3.72. The van der Waals surface area contributed by atoms with E-state index >= 15 is 0 Å².